The Hall–Kier alpha value is -0.570. The molecule has 3 heteroatoms. The van der Waals surface area contributed by atoms with Crippen molar-refractivity contribution in [2.24, 2.45) is 5.92 Å². The maximum Gasteiger partial charge on any atom is 0.220 e. The Balaban J connectivity index is 2.20. The van der Waals surface area contributed by atoms with Crippen molar-refractivity contribution in [2.75, 3.05) is 6.54 Å². The highest BCUT2D eigenvalue weighted by Gasteiger charge is 2.23. The van der Waals surface area contributed by atoms with Gasteiger partial charge in [0.15, 0.2) is 0 Å². The van der Waals surface area contributed by atoms with E-state index in [1.54, 1.807) is 0 Å². The Kier molecular flexibility index (Phi) is 8.11. The number of rotatable bonds is 8. The molecule has 19 heavy (non-hydrogen) atoms. The molecule has 1 atom stereocenters. The smallest absolute Gasteiger partial charge is 0.220 e. The molecule has 1 aliphatic carbocycles. The van der Waals surface area contributed by atoms with E-state index in [1.165, 1.54) is 32.1 Å². The topological polar surface area (TPSA) is 41.1 Å². The molecule has 0 aromatic rings. The van der Waals surface area contributed by atoms with Gasteiger partial charge < -0.3 is 10.6 Å². The molecule has 2 N–H and O–H groups in total. The second-order valence-corrected chi connectivity index (χ2v) is 6.19. The Morgan fingerprint density at radius 2 is 1.89 bits per heavy atom. The van der Waals surface area contributed by atoms with Crippen molar-refractivity contribution in [3.63, 3.8) is 0 Å². The lowest BCUT2D eigenvalue weighted by Crippen LogP contribution is -2.40. The number of nitrogens with one attached hydrogen (secondary N) is 2. The standard InChI is InChI=1S/C16H32N2O/c1-4-15(14-9-6-5-7-10-14)18-16(19)11-8-12-17-13(2)3/h13-15,17H,4-12H2,1-3H3,(H,18,19). The number of hydrogen-bond acceptors (Lipinski definition) is 2. The fourth-order valence-corrected chi connectivity index (χ4v) is 3.01. The Morgan fingerprint density at radius 1 is 1.21 bits per heavy atom. The van der Waals surface area contributed by atoms with Crippen LogP contribution in [0.2, 0.25) is 0 Å². The van der Waals surface area contributed by atoms with Crippen LogP contribution < -0.4 is 10.6 Å². The molecule has 1 fully saturated rings. The first-order chi connectivity index (χ1) is 9.13. The Morgan fingerprint density at radius 3 is 2.47 bits per heavy atom. The van der Waals surface area contributed by atoms with E-state index in [4.69, 9.17) is 0 Å². The van der Waals surface area contributed by atoms with Crippen molar-refractivity contribution in [3.05, 3.63) is 0 Å². The van der Waals surface area contributed by atoms with Crippen LogP contribution in [0.3, 0.4) is 0 Å². The zero-order valence-corrected chi connectivity index (χ0v) is 13.0. The molecule has 1 rings (SSSR count). The third kappa shape index (κ3) is 6.95. The van der Waals surface area contributed by atoms with Gasteiger partial charge in [0.1, 0.15) is 0 Å². The normalized spacial score (nSPS) is 18.5. The van der Waals surface area contributed by atoms with E-state index < -0.39 is 0 Å². The fraction of sp³-hybridized carbons (Fsp3) is 0.938. The summed E-state index contributed by atoms with van der Waals surface area (Å²) in [6.45, 7) is 7.40. The van der Waals surface area contributed by atoms with Crippen molar-refractivity contribution in [1.82, 2.24) is 10.6 Å². The number of hydrogen-bond donors (Lipinski definition) is 2. The number of carbonyl (C=O) groups is 1. The lowest BCUT2D eigenvalue weighted by Gasteiger charge is -2.30. The molecule has 112 valence electrons. The van der Waals surface area contributed by atoms with Gasteiger partial charge in [0.05, 0.1) is 0 Å². The molecular weight excluding hydrogens is 236 g/mol. The highest BCUT2D eigenvalue weighted by atomic mass is 16.1. The predicted molar refractivity (Wildman–Crippen MR) is 81.2 cm³/mol. The van der Waals surface area contributed by atoms with E-state index in [0.29, 0.717) is 18.5 Å². The summed E-state index contributed by atoms with van der Waals surface area (Å²) in [5.41, 5.74) is 0. The average molecular weight is 268 g/mol. The molecule has 1 saturated carbocycles. The molecular formula is C16H32N2O. The molecule has 1 aliphatic rings. The van der Waals surface area contributed by atoms with Crippen LogP contribution in [-0.2, 0) is 4.79 Å². The highest BCUT2D eigenvalue weighted by Crippen LogP contribution is 2.27. The van der Waals surface area contributed by atoms with E-state index in [9.17, 15) is 4.79 Å². The van der Waals surface area contributed by atoms with Crippen molar-refractivity contribution in [2.45, 2.75) is 84.2 Å². The summed E-state index contributed by atoms with van der Waals surface area (Å²) in [6, 6.07) is 0.916. The molecule has 0 saturated heterocycles. The van der Waals surface area contributed by atoms with Gasteiger partial charge in [0.2, 0.25) is 5.91 Å². The van der Waals surface area contributed by atoms with Crippen LogP contribution in [0.15, 0.2) is 0 Å². The molecule has 0 aromatic heterocycles. The largest absolute Gasteiger partial charge is 0.353 e. The van der Waals surface area contributed by atoms with Crippen LogP contribution >= 0.6 is 0 Å². The van der Waals surface area contributed by atoms with Gasteiger partial charge in [0.25, 0.3) is 0 Å². The van der Waals surface area contributed by atoms with Crippen LogP contribution in [0.25, 0.3) is 0 Å². The van der Waals surface area contributed by atoms with Crippen LogP contribution in [0, 0.1) is 5.92 Å². The first-order valence-corrected chi connectivity index (χ1v) is 8.16. The van der Waals surface area contributed by atoms with Crippen molar-refractivity contribution in [3.8, 4) is 0 Å². The maximum absolute atomic E-state index is 12.0. The van der Waals surface area contributed by atoms with Gasteiger partial charge in [0, 0.05) is 18.5 Å². The van der Waals surface area contributed by atoms with Crippen LogP contribution in [0.1, 0.15) is 72.1 Å². The summed E-state index contributed by atoms with van der Waals surface area (Å²) >= 11 is 0. The van der Waals surface area contributed by atoms with Crippen molar-refractivity contribution < 1.29 is 4.79 Å². The number of carbonyl (C=O) groups excluding carboxylic acids is 1. The molecule has 1 amide bonds. The second-order valence-electron chi connectivity index (χ2n) is 6.19. The third-order valence-electron chi connectivity index (χ3n) is 4.14. The first kappa shape index (κ1) is 16.5. The van der Waals surface area contributed by atoms with Gasteiger partial charge in [-0.05, 0) is 38.1 Å². The van der Waals surface area contributed by atoms with Gasteiger partial charge in [-0.15, -0.1) is 0 Å². The van der Waals surface area contributed by atoms with Gasteiger partial charge >= 0.3 is 0 Å². The molecule has 0 spiro atoms. The van der Waals surface area contributed by atoms with Crippen LogP contribution in [0.5, 0.6) is 0 Å². The Labute approximate surface area is 118 Å². The SMILES string of the molecule is CCC(NC(=O)CCCNC(C)C)C1CCCCC1. The maximum atomic E-state index is 12.0. The van der Waals surface area contributed by atoms with E-state index in [-0.39, 0.29) is 5.91 Å². The quantitative estimate of drug-likeness (QED) is 0.664. The monoisotopic (exact) mass is 268 g/mol. The summed E-state index contributed by atoms with van der Waals surface area (Å²) < 4.78 is 0. The predicted octanol–water partition coefficient (Wildman–Crippen LogP) is 3.24. The lowest BCUT2D eigenvalue weighted by atomic mass is 9.83. The molecule has 3 nitrogen and oxygen atoms in total. The number of amides is 1. The zero-order valence-electron chi connectivity index (χ0n) is 13.0. The minimum atomic E-state index is 0.239. The zero-order chi connectivity index (χ0) is 14.1. The van der Waals surface area contributed by atoms with Gasteiger partial charge in [-0.3, -0.25) is 4.79 Å². The van der Waals surface area contributed by atoms with E-state index in [1.807, 2.05) is 0 Å². The van der Waals surface area contributed by atoms with E-state index >= 15 is 0 Å². The van der Waals surface area contributed by atoms with Crippen molar-refractivity contribution in [1.29, 1.82) is 0 Å². The average Bonchev–Trinajstić information content (AvgIpc) is 2.41. The summed E-state index contributed by atoms with van der Waals surface area (Å²) in [4.78, 5) is 12.0. The molecule has 0 aromatic carbocycles. The fourth-order valence-electron chi connectivity index (χ4n) is 3.01. The minimum Gasteiger partial charge on any atom is -0.353 e. The summed E-state index contributed by atoms with van der Waals surface area (Å²) in [7, 11) is 0. The van der Waals surface area contributed by atoms with Gasteiger partial charge in [-0.25, -0.2) is 0 Å². The summed E-state index contributed by atoms with van der Waals surface area (Å²) in [5, 5.41) is 6.61. The second kappa shape index (κ2) is 9.35. The third-order valence-corrected chi connectivity index (χ3v) is 4.14. The van der Waals surface area contributed by atoms with Crippen molar-refractivity contribution >= 4 is 5.91 Å². The van der Waals surface area contributed by atoms with E-state index in [0.717, 1.165) is 25.3 Å². The summed E-state index contributed by atoms with van der Waals surface area (Å²) in [6.07, 6.45) is 9.32. The lowest BCUT2D eigenvalue weighted by molar-refractivity contribution is -0.122. The van der Waals surface area contributed by atoms with Gasteiger partial charge in [-0.2, -0.15) is 0 Å². The molecule has 0 heterocycles. The molecule has 0 bridgehead atoms. The van der Waals surface area contributed by atoms with Crippen LogP contribution in [0.4, 0.5) is 0 Å². The molecule has 0 aliphatic heterocycles. The van der Waals surface area contributed by atoms with Gasteiger partial charge in [-0.1, -0.05) is 40.0 Å². The first-order valence-electron chi connectivity index (χ1n) is 8.16. The minimum absolute atomic E-state index is 0.239. The highest BCUT2D eigenvalue weighted by molar-refractivity contribution is 5.76. The van der Waals surface area contributed by atoms with E-state index in [2.05, 4.69) is 31.4 Å². The summed E-state index contributed by atoms with van der Waals surface area (Å²) in [5.74, 6) is 0.958. The molecule has 1 unspecified atom stereocenters. The molecule has 0 radical (unpaired) electrons. The Bertz CT molecular complexity index is 247. The van der Waals surface area contributed by atoms with Crippen LogP contribution in [-0.4, -0.2) is 24.5 Å².